The van der Waals surface area contributed by atoms with Crippen molar-refractivity contribution in [3.8, 4) is 0 Å². The fraction of sp³-hybridized carbons (Fsp3) is 0.387. The Morgan fingerprint density at radius 3 is 2.26 bits per heavy atom. The summed E-state index contributed by atoms with van der Waals surface area (Å²) in [5, 5.41) is 10.8. The summed E-state index contributed by atoms with van der Waals surface area (Å²) in [7, 11) is 0. The summed E-state index contributed by atoms with van der Waals surface area (Å²) in [6.07, 6.45) is -4.53. The van der Waals surface area contributed by atoms with Gasteiger partial charge in [0.1, 0.15) is 0 Å². The van der Waals surface area contributed by atoms with E-state index < -0.39 is 17.8 Å². The van der Waals surface area contributed by atoms with Crippen molar-refractivity contribution in [3.05, 3.63) is 107 Å². The average Bonchev–Trinajstić information content (AvgIpc) is 3.29. The van der Waals surface area contributed by atoms with Gasteiger partial charge in [-0.15, -0.1) is 0 Å². The van der Waals surface area contributed by atoms with Gasteiger partial charge in [0.25, 0.3) is 5.91 Å². The molecule has 202 valence electrons. The van der Waals surface area contributed by atoms with E-state index in [1.54, 1.807) is 18.2 Å². The molecule has 0 aromatic heterocycles. The molecule has 1 aliphatic rings. The van der Waals surface area contributed by atoms with Gasteiger partial charge in [-0.25, -0.2) is 0 Å². The highest BCUT2D eigenvalue weighted by Gasteiger charge is 2.38. The Balaban J connectivity index is 1.57. The zero-order valence-electron chi connectivity index (χ0n) is 21.8. The molecule has 1 saturated heterocycles. The lowest BCUT2D eigenvalue weighted by atomic mass is 9.87. The van der Waals surface area contributed by atoms with Crippen molar-refractivity contribution in [1.82, 2.24) is 9.80 Å². The summed E-state index contributed by atoms with van der Waals surface area (Å²) in [4.78, 5) is 17.3. The maximum Gasteiger partial charge on any atom is 0.416 e. The van der Waals surface area contributed by atoms with Crippen molar-refractivity contribution in [2.75, 3.05) is 26.2 Å². The third-order valence-electron chi connectivity index (χ3n) is 7.28. The molecule has 4 rings (SSSR count). The first-order chi connectivity index (χ1) is 18.1. The van der Waals surface area contributed by atoms with Crippen LogP contribution in [0.2, 0.25) is 0 Å². The smallest absolute Gasteiger partial charge is 0.391 e. The topological polar surface area (TPSA) is 43.8 Å². The van der Waals surface area contributed by atoms with Gasteiger partial charge in [0.15, 0.2) is 0 Å². The zero-order valence-corrected chi connectivity index (χ0v) is 21.8. The molecule has 1 aliphatic heterocycles. The number of hydrogen-bond acceptors (Lipinski definition) is 3. The monoisotopic (exact) mass is 524 g/mol. The number of nitrogens with zero attached hydrogens (tertiary/aromatic N) is 2. The standard InChI is InChI=1S/C31H35F3N2O2/c1-22(2)36(30(38)24-12-7-4-8-13-24)19-26-18-35(20-28(37)16-23-10-5-3-6-11-23)21-29(26)25-14-9-15-27(17-25)31(32,33)34/h3-15,17,22,26,28-29,37H,16,18-21H2,1-2H3/t26-,28-,29+/m0/s1. The third-order valence-corrected chi connectivity index (χ3v) is 7.28. The Morgan fingerprint density at radius 2 is 1.63 bits per heavy atom. The number of aliphatic hydroxyl groups excluding tert-OH is 1. The van der Waals surface area contributed by atoms with Gasteiger partial charge in [0.05, 0.1) is 11.7 Å². The second-order valence-electron chi connectivity index (χ2n) is 10.5. The molecule has 38 heavy (non-hydrogen) atoms. The molecule has 1 amide bonds. The summed E-state index contributed by atoms with van der Waals surface area (Å²) in [5.41, 5.74) is 1.56. The van der Waals surface area contributed by atoms with Crippen LogP contribution in [0.25, 0.3) is 0 Å². The summed E-state index contributed by atoms with van der Waals surface area (Å²) < 4.78 is 40.6. The minimum absolute atomic E-state index is 0.0809. The number of hydrogen-bond donors (Lipinski definition) is 1. The van der Waals surface area contributed by atoms with E-state index in [2.05, 4.69) is 4.90 Å². The molecule has 0 radical (unpaired) electrons. The van der Waals surface area contributed by atoms with Crippen molar-refractivity contribution in [2.45, 2.75) is 44.5 Å². The molecule has 1 fully saturated rings. The molecule has 3 aromatic carbocycles. The molecule has 3 atom stereocenters. The van der Waals surface area contributed by atoms with Crippen molar-refractivity contribution in [2.24, 2.45) is 5.92 Å². The molecule has 0 unspecified atom stereocenters. The maximum absolute atomic E-state index is 13.5. The zero-order chi connectivity index (χ0) is 27.3. The lowest BCUT2D eigenvalue weighted by Gasteiger charge is -2.32. The Kier molecular flexibility index (Phi) is 8.90. The fourth-order valence-electron chi connectivity index (χ4n) is 5.39. The molecule has 4 nitrogen and oxygen atoms in total. The largest absolute Gasteiger partial charge is 0.416 e. The molecule has 1 N–H and O–H groups in total. The highest BCUT2D eigenvalue weighted by molar-refractivity contribution is 5.94. The number of amides is 1. The van der Waals surface area contributed by atoms with Crippen LogP contribution in [0.3, 0.4) is 0 Å². The molecule has 0 aliphatic carbocycles. The minimum Gasteiger partial charge on any atom is -0.391 e. The summed E-state index contributed by atoms with van der Waals surface area (Å²) >= 11 is 0. The van der Waals surface area contributed by atoms with Crippen molar-refractivity contribution in [1.29, 1.82) is 0 Å². The quantitative estimate of drug-likeness (QED) is 0.381. The number of carbonyl (C=O) groups is 1. The number of alkyl halides is 3. The Hall–Kier alpha value is -3.16. The van der Waals surface area contributed by atoms with Gasteiger partial charge in [-0.1, -0.05) is 66.7 Å². The van der Waals surface area contributed by atoms with Gasteiger partial charge < -0.3 is 10.0 Å². The highest BCUT2D eigenvalue weighted by atomic mass is 19.4. The Labute approximate surface area is 222 Å². The van der Waals surface area contributed by atoms with Gasteiger partial charge in [-0.05, 0) is 55.5 Å². The number of aliphatic hydroxyl groups is 1. The SMILES string of the molecule is CC(C)N(C[C@@H]1CN(C[C@@H](O)Cc2ccccc2)C[C@@H]1c1cccc(C(F)(F)F)c1)C(=O)c1ccccc1. The molecule has 3 aromatic rings. The van der Waals surface area contributed by atoms with Crippen LogP contribution in [0.15, 0.2) is 84.9 Å². The van der Waals surface area contributed by atoms with Gasteiger partial charge >= 0.3 is 6.18 Å². The fourth-order valence-corrected chi connectivity index (χ4v) is 5.39. The van der Waals surface area contributed by atoms with Crippen LogP contribution in [-0.4, -0.2) is 59.1 Å². The minimum atomic E-state index is -4.43. The molecule has 0 saturated carbocycles. The first-order valence-corrected chi connectivity index (χ1v) is 13.1. The van der Waals surface area contributed by atoms with Gasteiger partial charge in [-0.2, -0.15) is 13.2 Å². The van der Waals surface area contributed by atoms with E-state index >= 15 is 0 Å². The van der Waals surface area contributed by atoms with Crippen LogP contribution >= 0.6 is 0 Å². The number of rotatable bonds is 9. The van der Waals surface area contributed by atoms with Crippen LogP contribution in [0, 0.1) is 5.92 Å². The highest BCUT2D eigenvalue weighted by Crippen LogP contribution is 2.37. The van der Waals surface area contributed by atoms with Crippen LogP contribution in [0.1, 0.15) is 46.8 Å². The first kappa shape index (κ1) is 27.9. The van der Waals surface area contributed by atoms with E-state index in [0.29, 0.717) is 43.7 Å². The van der Waals surface area contributed by atoms with Crippen LogP contribution in [0.5, 0.6) is 0 Å². The van der Waals surface area contributed by atoms with E-state index in [4.69, 9.17) is 0 Å². The third kappa shape index (κ3) is 7.03. The molecular weight excluding hydrogens is 489 g/mol. The number of likely N-dealkylation sites (tertiary alicyclic amines) is 1. The Bertz CT molecular complexity index is 1180. The summed E-state index contributed by atoms with van der Waals surface area (Å²) in [6.45, 7) is 5.83. The normalized spacial score (nSPS) is 19.0. The molecular formula is C31H35F3N2O2. The van der Waals surface area contributed by atoms with Crippen molar-refractivity contribution in [3.63, 3.8) is 0 Å². The number of carbonyl (C=O) groups excluding carboxylic acids is 1. The summed E-state index contributed by atoms with van der Waals surface area (Å²) in [5.74, 6) is -0.380. The van der Waals surface area contributed by atoms with Gasteiger partial charge in [0, 0.05) is 43.7 Å². The molecule has 1 heterocycles. The van der Waals surface area contributed by atoms with Crippen molar-refractivity contribution < 1.29 is 23.1 Å². The first-order valence-electron chi connectivity index (χ1n) is 13.1. The van der Waals surface area contributed by atoms with Crippen molar-refractivity contribution >= 4 is 5.91 Å². The number of halogens is 3. The lowest BCUT2D eigenvalue weighted by Crippen LogP contribution is -2.42. The summed E-state index contributed by atoms with van der Waals surface area (Å²) in [6, 6.07) is 24.2. The molecule has 7 heteroatoms. The van der Waals surface area contributed by atoms with E-state index in [-0.39, 0.29) is 23.8 Å². The van der Waals surface area contributed by atoms with Crippen LogP contribution in [0.4, 0.5) is 13.2 Å². The van der Waals surface area contributed by atoms with E-state index in [9.17, 15) is 23.1 Å². The van der Waals surface area contributed by atoms with E-state index in [1.165, 1.54) is 12.1 Å². The second-order valence-corrected chi connectivity index (χ2v) is 10.5. The van der Waals surface area contributed by atoms with E-state index in [0.717, 1.165) is 11.6 Å². The van der Waals surface area contributed by atoms with Crippen LogP contribution in [-0.2, 0) is 12.6 Å². The average molecular weight is 525 g/mol. The van der Waals surface area contributed by atoms with Gasteiger partial charge in [0.2, 0.25) is 0 Å². The number of benzene rings is 3. The molecule has 0 spiro atoms. The number of β-amino-alcohol motifs (C(OH)–C–C–N with tert-alkyl or cyclic N) is 1. The predicted octanol–water partition coefficient (Wildman–Crippen LogP) is 5.88. The second kappa shape index (κ2) is 12.1. The van der Waals surface area contributed by atoms with E-state index in [1.807, 2.05) is 67.3 Å². The Morgan fingerprint density at radius 1 is 0.974 bits per heavy atom. The molecule has 0 bridgehead atoms. The van der Waals surface area contributed by atoms with Crippen LogP contribution < -0.4 is 0 Å². The van der Waals surface area contributed by atoms with Gasteiger partial charge in [-0.3, -0.25) is 9.69 Å². The predicted molar refractivity (Wildman–Crippen MR) is 143 cm³/mol. The lowest BCUT2D eigenvalue weighted by molar-refractivity contribution is -0.137. The maximum atomic E-state index is 13.5.